The summed E-state index contributed by atoms with van der Waals surface area (Å²) in [7, 11) is 3.46. The van der Waals surface area contributed by atoms with Crippen LogP contribution in [-0.2, 0) is 4.79 Å². The summed E-state index contributed by atoms with van der Waals surface area (Å²) < 4.78 is 0. The third kappa shape index (κ3) is 3.68. The second kappa shape index (κ2) is 6.15. The van der Waals surface area contributed by atoms with Crippen LogP contribution in [0.1, 0.15) is 26.7 Å². The van der Waals surface area contributed by atoms with Gasteiger partial charge in [0.15, 0.2) is 0 Å². The normalized spacial score (nSPS) is 21.1. The summed E-state index contributed by atoms with van der Waals surface area (Å²) in [5, 5.41) is 8.01. The first-order valence-electron chi connectivity index (χ1n) is 6.37. The summed E-state index contributed by atoms with van der Waals surface area (Å²) in [5.74, 6) is -0.248. The number of carbonyl (C=O) groups excluding carboxylic acids is 2. The predicted molar refractivity (Wildman–Crippen MR) is 70.3 cm³/mol. The molecular weight excluding hydrogens is 232 g/mol. The van der Waals surface area contributed by atoms with Crippen molar-refractivity contribution in [2.75, 3.05) is 27.2 Å². The predicted octanol–water partition coefficient (Wildman–Crippen LogP) is -0.0956. The molecule has 0 radical (unpaired) electrons. The lowest BCUT2D eigenvalue weighted by atomic mass is 9.89. The number of urea groups is 1. The zero-order valence-electron chi connectivity index (χ0n) is 11.7. The van der Waals surface area contributed by atoms with Crippen LogP contribution < -0.4 is 16.0 Å². The van der Waals surface area contributed by atoms with Crippen LogP contribution >= 0.6 is 0 Å². The van der Waals surface area contributed by atoms with E-state index in [9.17, 15) is 9.59 Å². The summed E-state index contributed by atoms with van der Waals surface area (Å²) in [6.45, 7) is 5.75. The van der Waals surface area contributed by atoms with Crippen molar-refractivity contribution >= 4 is 11.9 Å². The lowest BCUT2D eigenvalue weighted by Gasteiger charge is -2.41. The van der Waals surface area contributed by atoms with E-state index in [1.807, 2.05) is 14.0 Å². The van der Waals surface area contributed by atoms with Crippen LogP contribution in [0.4, 0.5) is 4.79 Å². The number of rotatable bonds is 3. The Hall–Kier alpha value is -1.14. The molecule has 0 aromatic heterocycles. The quantitative estimate of drug-likeness (QED) is 0.659. The van der Waals surface area contributed by atoms with Gasteiger partial charge in [0.05, 0.1) is 6.04 Å². The van der Waals surface area contributed by atoms with Crippen molar-refractivity contribution in [3.63, 3.8) is 0 Å². The zero-order chi connectivity index (χ0) is 13.8. The van der Waals surface area contributed by atoms with E-state index in [0.29, 0.717) is 0 Å². The standard InChI is InChI=1S/C12H24N4O2/c1-9(10(17)15-11(18)13-3)16-7-5-12(2,14-4)6-8-16/h9,14H,5-8H2,1-4H3,(H2,13,15,17,18). The van der Waals surface area contributed by atoms with Gasteiger partial charge in [-0.25, -0.2) is 4.79 Å². The van der Waals surface area contributed by atoms with Crippen LogP contribution in [0.3, 0.4) is 0 Å². The zero-order valence-corrected chi connectivity index (χ0v) is 11.7. The molecule has 1 aliphatic heterocycles. The second-order valence-corrected chi connectivity index (χ2v) is 5.09. The van der Waals surface area contributed by atoms with Gasteiger partial charge in [-0.2, -0.15) is 0 Å². The van der Waals surface area contributed by atoms with Gasteiger partial charge in [0.1, 0.15) is 0 Å². The fraction of sp³-hybridized carbons (Fsp3) is 0.833. The molecule has 6 heteroatoms. The van der Waals surface area contributed by atoms with Crippen LogP contribution in [0.2, 0.25) is 0 Å². The molecular formula is C12H24N4O2. The molecule has 0 aromatic carbocycles. The molecule has 0 bridgehead atoms. The minimum Gasteiger partial charge on any atom is -0.341 e. The Balaban J connectivity index is 2.47. The van der Waals surface area contributed by atoms with Gasteiger partial charge in [0, 0.05) is 25.7 Å². The topological polar surface area (TPSA) is 73.5 Å². The summed E-state index contributed by atoms with van der Waals surface area (Å²) >= 11 is 0. The Kier molecular flexibility index (Phi) is 5.10. The van der Waals surface area contributed by atoms with E-state index < -0.39 is 6.03 Å². The van der Waals surface area contributed by atoms with Crippen molar-refractivity contribution in [2.45, 2.75) is 38.3 Å². The van der Waals surface area contributed by atoms with E-state index in [1.54, 1.807) is 0 Å². The maximum absolute atomic E-state index is 11.8. The number of hydrogen-bond donors (Lipinski definition) is 3. The first-order chi connectivity index (χ1) is 8.41. The first kappa shape index (κ1) is 14.9. The van der Waals surface area contributed by atoms with E-state index in [1.165, 1.54) is 7.05 Å². The van der Waals surface area contributed by atoms with Gasteiger partial charge in [-0.1, -0.05) is 0 Å². The lowest BCUT2D eigenvalue weighted by molar-refractivity contribution is -0.125. The maximum Gasteiger partial charge on any atom is 0.321 e. The molecule has 1 rings (SSSR count). The highest BCUT2D eigenvalue weighted by Gasteiger charge is 2.32. The molecule has 1 saturated heterocycles. The van der Waals surface area contributed by atoms with Crippen molar-refractivity contribution in [3.8, 4) is 0 Å². The average molecular weight is 256 g/mol. The minimum atomic E-state index is -0.455. The highest BCUT2D eigenvalue weighted by molar-refractivity contribution is 5.96. The molecule has 18 heavy (non-hydrogen) atoms. The molecule has 1 aliphatic rings. The number of nitrogens with one attached hydrogen (secondary N) is 3. The highest BCUT2D eigenvalue weighted by atomic mass is 16.2. The summed E-state index contributed by atoms with van der Waals surface area (Å²) in [5.41, 5.74) is 0.160. The third-order valence-electron chi connectivity index (χ3n) is 3.90. The summed E-state index contributed by atoms with van der Waals surface area (Å²) in [6.07, 6.45) is 2.00. The van der Waals surface area contributed by atoms with E-state index in [0.717, 1.165) is 25.9 Å². The molecule has 0 spiro atoms. The second-order valence-electron chi connectivity index (χ2n) is 5.09. The summed E-state index contributed by atoms with van der Waals surface area (Å²) in [6, 6.07) is -0.729. The molecule has 1 atom stereocenters. The van der Waals surface area contributed by atoms with E-state index in [4.69, 9.17) is 0 Å². The monoisotopic (exact) mass is 256 g/mol. The molecule has 1 unspecified atom stereocenters. The highest BCUT2D eigenvalue weighted by Crippen LogP contribution is 2.22. The smallest absolute Gasteiger partial charge is 0.321 e. The molecule has 0 aromatic rings. The van der Waals surface area contributed by atoms with E-state index >= 15 is 0 Å². The molecule has 1 heterocycles. The fourth-order valence-electron chi connectivity index (χ4n) is 2.10. The van der Waals surface area contributed by atoms with Crippen LogP contribution in [0.25, 0.3) is 0 Å². The fourth-order valence-corrected chi connectivity index (χ4v) is 2.10. The number of likely N-dealkylation sites (tertiary alicyclic amines) is 1. The first-order valence-corrected chi connectivity index (χ1v) is 6.37. The van der Waals surface area contributed by atoms with E-state index in [2.05, 4.69) is 27.8 Å². The van der Waals surface area contributed by atoms with Crippen molar-refractivity contribution in [1.82, 2.24) is 20.9 Å². The number of piperidine rings is 1. The van der Waals surface area contributed by atoms with Gasteiger partial charge in [0.25, 0.3) is 0 Å². The number of imide groups is 1. The van der Waals surface area contributed by atoms with Gasteiger partial charge in [-0.3, -0.25) is 15.0 Å². The van der Waals surface area contributed by atoms with Crippen molar-refractivity contribution < 1.29 is 9.59 Å². The van der Waals surface area contributed by atoms with Crippen LogP contribution in [0, 0.1) is 0 Å². The number of nitrogens with zero attached hydrogens (tertiary/aromatic N) is 1. The SMILES string of the molecule is CNC(=O)NC(=O)C(C)N1CCC(C)(NC)CC1. The molecule has 104 valence electrons. The Morgan fingerprint density at radius 3 is 2.22 bits per heavy atom. The van der Waals surface area contributed by atoms with Gasteiger partial charge < -0.3 is 10.6 Å². The number of amides is 3. The molecule has 6 nitrogen and oxygen atoms in total. The Bertz CT molecular complexity index is 311. The molecule has 3 N–H and O–H groups in total. The van der Waals surface area contributed by atoms with Crippen molar-refractivity contribution in [3.05, 3.63) is 0 Å². The average Bonchev–Trinajstić information content (AvgIpc) is 2.38. The molecule has 0 aliphatic carbocycles. The van der Waals surface area contributed by atoms with Gasteiger partial charge >= 0.3 is 6.03 Å². The van der Waals surface area contributed by atoms with Crippen molar-refractivity contribution in [1.29, 1.82) is 0 Å². The van der Waals surface area contributed by atoms with Gasteiger partial charge in [-0.05, 0) is 33.7 Å². The van der Waals surface area contributed by atoms with Crippen LogP contribution in [0.15, 0.2) is 0 Å². The maximum atomic E-state index is 11.8. The largest absolute Gasteiger partial charge is 0.341 e. The Labute approximate surface area is 108 Å². The Morgan fingerprint density at radius 2 is 1.78 bits per heavy atom. The molecule has 0 saturated carbocycles. The van der Waals surface area contributed by atoms with E-state index in [-0.39, 0.29) is 17.5 Å². The molecule has 3 amide bonds. The Morgan fingerprint density at radius 1 is 1.22 bits per heavy atom. The van der Waals surface area contributed by atoms with Gasteiger partial charge in [-0.15, -0.1) is 0 Å². The number of hydrogen-bond acceptors (Lipinski definition) is 4. The molecule has 1 fully saturated rings. The number of carbonyl (C=O) groups is 2. The van der Waals surface area contributed by atoms with Crippen LogP contribution in [-0.4, -0.2) is 55.6 Å². The minimum absolute atomic E-state index is 0.160. The third-order valence-corrected chi connectivity index (χ3v) is 3.90. The van der Waals surface area contributed by atoms with Crippen molar-refractivity contribution in [2.24, 2.45) is 0 Å². The van der Waals surface area contributed by atoms with Crippen LogP contribution in [0.5, 0.6) is 0 Å². The summed E-state index contributed by atoms with van der Waals surface area (Å²) in [4.78, 5) is 25.0. The lowest BCUT2D eigenvalue weighted by Crippen LogP contribution is -2.55. The van der Waals surface area contributed by atoms with Gasteiger partial charge in [0.2, 0.25) is 5.91 Å².